The number of rotatable bonds is 6. The van der Waals surface area contributed by atoms with Gasteiger partial charge in [-0.25, -0.2) is 0 Å². The molecule has 2 aliphatic heterocycles. The monoisotopic (exact) mass is 487 g/mol. The van der Waals surface area contributed by atoms with E-state index in [9.17, 15) is 20.1 Å². The molecule has 4 rings (SSSR count). The Kier molecular flexibility index (Phi) is 6.58. The van der Waals surface area contributed by atoms with Crippen LogP contribution < -0.4 is 10.1 Å². The number of likely N-dealkylation sites (tertiary alicyclic amines) is 1. The molecule has 0 spiro atoms. The summed E-state index contributed by atoms with van der Waals surface area (Å²) in [6.45, 7) is 8.41. The molecule has 8 heteroatoms. The molecule has 0 unspecified atom stereocenters. The Balaban J connectivity index is 1.84. The predicted octanol–water partition coefficient (Wildman–Crippen LogP) is 4.22. The van der Waals surface area contributed by atoms with E-state index in [0.717, 1.165) is 41.6 Å². The Morgan fingerprint density at radius 2 is 1.97 bits per heavy atom. The van der Waals surface area contributed by atoms with Crippen LogP contribution in [0.1, 0.15) is 78.9 Å². The van der Waals surface area contributed by atoms with Gasteiger partial charge in [-0.1, -0.05) is 13.3 Å². The van der Waals surface area contributed by atoms with Crippen LogP contribution >= 0.6 is 0 Å². The number of amides is 2. The summed E-state index contributed by atoms with van der Waals surface area (Å²) in [7, 11) is 1.53. The van der Waals surface area contributed by atoms with Gasteiger partial charge in [-0.05, 0) is 75.8 Å². The van der Waals surface area contributed by atoms with E-state index in [1.54, 1.807) is 18.7 Å². The number of aryl methyl sites for hydroxylation is 2. The third-order valence-corrected chi connectivity index (χ3v) is 7.28. The van der Waals surface area contributed by atoms with Crippen molar-refractivity contribution in [1.82, 2.24) is 14.8 Å². The van der Waals surface area contributed by atoms with E-state index < -0.39 is 11.1 Å². The Hall–Kier alpha value is -3.78. The highest BCUT2D eigenvalue weighted by atomic mass is 16.5. The molecule has 0 radical (unpaired) electrons. The van der Waals surface area contributed by atoms with Crippen molar-refractivity contribution in [3.63, 3.8) is 0 Å². The van der Waals surface area contributed by atoms with Crippen molar-refractivity contribution in [2.45, 2.75) is 77.4 Å². The first kappa shape index (κ1) is 25.3. The Morgan fingerprint density at radius 3 is 2.61 bits per heavy atom. The number of nitriles is 2. The van der Waals surface area contributed by atoms with E-state index in [-0.39, 0.29) is 11.8 Å². The lowest BCUT2D eigenvalue weighted by atomic mass is 9.92. The maximum absolute atomic E-state index is 13.7. The minimum absolute atomic E-state index is 0.120. The standard InChI is InChI=1S/C28H33N5O3/c1-6-8-19-13-22(26(35)33-11-7-10-28(33,4)17-30)32-12-9-18-14-23(36-5)21(15-20(18)24(19)32)25(34)31-27(2,3)16-29/h13-15H,6-12H2,1-5H3,(H,31,34)/t28-/m1/s1. The highest BCUT2D eigenvalue weighted by Crippen LogP contribution is 2.40. The van der Waals surface area contributed by atoms with Crippen LogP contribution in [0, 0.1) is 22.7 Å². The van der Waals surface area contributed by atoms with Crippen molar-refractivity contribution >= 4 is 11.8 Å². The van der Waals surface area contributed by atoms with Crippen molar-refractivity contribution in [1.29, 1.82) is 10.5 Å². The van der Waals surface area contributed by atoms with E-state index >= 15 is 0 Å². The van der Waals surface area contributed by atoms with E-state index in [4.69, 9.17) is 4.74 Å². The first-order valence-electron chi connectivity index (χ1n) is 12.5. The number of fused-ring (bicyclic) bond motifs is 3. The SMILES string of the molecule is CCCc1cc(C(=O)N2CCC[C@]2(C)C#N)n2c1-c1cc(C(=O)NC(C)(C)C#N)c(OC)cc1CC2. The van der Waals surface area contributed by atoms with Gasteiger partial charge in [-0.2, -0.15) is 10.5 Å². The highest BCUT2D eigenvalue weighted by Gasteiger charge is 2.42. The van der Waals surface area contributed by atoms with Gasteiger partial charge in [0, 0.05) is 18.7 Å². The first-order chi connectivity index (χ1) is 17.1. The summed E-state index contributed by atoms with van der Waals surface area (Å²) < 4.78 is 7.61. The van der Waals surface area contributed by atoms with E-state index in [1.165, 1.54) is 7.11 Å². The second-order valence-corrected chi connectivity index (χ2v) is 10.4. The maximum Gasteiger partial charge on any atom is 0.271 e. The highest BCUT2D eigenvalue weighted by molar-refractivity contribution is 6.00. The van der Waals surface area contributed by atoms with Crippen molar-refractivity contribution in [3.8, 4) is 29.1 Å². The van der Waals surface area contributed by atoms with Crippen LogP contribution in [0.2, 0.25) is 0 Å². The van der Waals surface area contributed by atoms with Gasteiger partial charge in [0.1, 0.15) is 22.5 Å². The summed E-state index contributed by atoms with van der Waals surface area (Å²) in [6.07, 6.45) is 3.85. The number of nitrogens with one attached hydrogen (secondary N) is 1. The van der Waals surface area contributed by atoms with E-state index in [0.29, 0.717) is 42.9 Å². The number of carbonyl (C=O) groups is 2. The molecule has 2 aliphatic rings. The number of carbonyl (C=O) groups excluding carboxylic acids is 2. The lowest BCUT2D eigenvalue weighted by Crippen LogP contribution is -2.44. The molecule has 2 aromatic rings. The van der Waals surface area contributed by atoms with Crippen LogP contribution in [0.15, 0.2) is 18.2 Å². The fourth-order valence-corrected chi connectivity index (χ4v) is 5.34. The summed E-state index contributed by atoms with van der Waals surface area (Å²) in [5, 5.41) is 21.9. The van der Waals surface area contributed by atoms with Crippen molar-refractivity contribution < 1.29 is 14.3 Å². The Morgan fingerprint density at radius 1 is 1.22 bits per heavy atom. The average molecular weight is 488 g/mol. The van der Waals surface area contributed by atoms with Crippen molar-refractivity contribution in [3.05, 3.63) is 40.6 Å². The van der Waals surface area contributed by atoms with Crippen LogP contribution in [0.25, 0.3) is 11.3 Å². The molecule has 0 bridgehead atoms. The third kappa shape index (κ3) is 4.22. The minimum Gasteiger partial charge on any atom is -0.496 e. The molecule has 1 N–H and O–H groups in total. The molecule has 2 amide bonds. The Labute approximate surface area is 212 Å². The predicted molar refractivity (Wildman–Crippen MR) is 136 cm³/mol. The second kappa shape index (κ2) is 9.35. The summed E-state index contributed by atoms with van der Waals surface area (Å²) in [4.78, 5) is 28.6. The van der Waals surface area contributed by atoms with Crippen molar-refractivity contribution in [2.24, 2.45) is 0 Å². The molecule has 8 nitrogen and oxygen atoms in total. The summed E-state index contributed by atoms with van der Waals surface area (Å²) in [6, 6.07) is 10.1. The van der Waals surface area contributed by atoms with E-state index in [1.807, 2.05) is 25.1 Å². The van der Waals surface area contributed by atoms with Gasteiger partial charge in [0.2, 0.25) is 0 Å². The fourth-order valence-electron chi connectivity index (χ4n) is 5.34. The van der Waals surface area contributed by atoms with Crippen LogP contribution in [-0.4, -0.2) is 46.0 Å². The van der Waals surface area contributed by atoms with E-state index in [2.05, 4.69) is 28.9 Å². The minimum atomic E-state index is -1.03. The summed E-state index contributed by atoms with van der Waals surface area (Å²) in [5.41, 5.74) is 3.04. The number of benzene rings is 1. The van der Waals surface area contributed by atoms with Gasteiger partial charge in [-0.15, -0.1) is 0 Å². The first-order valence-corrected chi connectivity index (χ1v) is 12.5. The molecule has 188 valence electrons. The van der Waals surface area contributed by atoms with Crippen molar-refractivity contribution in [2.75, 3.05) is 13.7 Å². The molecule has 1 aromatic carbocycles. The number of methoxy groups -OCH3 is 1. The topological polar surface area (TPSA) is 111 Å². The quantitative estimate of drug-likeness (QED) is 0.656. The zero-order chi connectivity index (χ0) is 26.3. The third-order valence-electron chi connectivity index (χ3n) is 7.28. The normalized spacial score (nSPS) is 18.6. The van der Waals surface area contributed by atoms with Gasteiger partial charge in [-0.3, -0.25) is 9.59 Å². The van der Waals surface area contributed by atoms with Gasteiger partial charge in [0.25, 0.3) is 11.8 Å². The number of nitrogens with zero attached hydrogens (tertiary/aromatic N) is 4. The molecular weight excluding hydrogens is 454 g/mol. The molecule has 36 heavy (non-hydrogen) atoms. The number of ether oxygens (including phenoxy) is 1. The zero-order valence-corrected chi connectivity index (χ0v) is 21.7. The molecule has 3 heterocycles. The van der Waals surface area contributed by atoms with Gasteiger partial charge < -0.3 is 19.5 Å². The molecule has 1 aromatic heterocycles. The van der Waals surface area contributed by atoms with Gasteiger partial charge in [0.15, 0.2) is 0 Å². The fraction of sp³-hybridized carbons (Fsp3) is 0.500. The zero-order valence-electron chi connectivity index (χ0n) is 21.7. The lowest BCUT2D eigenvalue weighted by molar-refractivity contribution is 0.0681. The lowest BCUT2D eigenvalue weighted by Gasteiger charge is -2.30. The Bertz CT molecular complexity index is 1310. The molecule has 1 fully saturated rings. The summed E-state index contributed by atoms with van der Waals surface area (Å²) in [5.74, 6) is -0.0545. The molecule has 1 saturated heterocycles. The molecule has 0 saturated carbocycles. The second-order valence-electron chi connectivity index (χ2n) is 10.4. The number of aromatic nitrogens is 1. The smallest absolute Gasteiger partial charge is 0.271 e. The molecular formula is C28H33N5O3. The van der Waals surface area contributed by atoms with Gasteiger partial charge in [0.05, 0.1) is 30.5 Å². The van der Waals surface area contributed by atoms with Gasteiger partial charge >= 0.3 is 0 Å². The molecule has 1 atom stereocenters. The van der Waals surface area contributed by atoms with Crippen LogP contribution in [0.3, 0.4) is 0 Å². The maximum atomic E-state index is 13.7. The van der Waals surface area contributed by atoms with Crippen LogP contribution in [0.5, 0.6) is 5.75 Å². The summed E-state index contributed by atoms with van der Waals surface area (Å²) >= 11 is 0. The average Bonchev–Trinajstić information content (AvgIpc) is 3.44. The van der Waals surface area contributed by atoms with Crippen LogP contribution in [0.4, 0.5) is 0 Å². The number of hydrogen-bond acceptors (Lipinski definition) is 5. The molecule has 0 aliphatic carbocycles. The number of hydrogen-bond donors (Lipinski definition) is 1. The largest absolute Gasteiger partial charge is 0.496 e. The van der Waals surface area contributed by atoms with Crippen LogP contribution in [-0.2, 0) is 19.4 Å².